The van der Waals surface area contributed by atoms with Crippen LogP contribution in [0.3, 0.4) is 0 Å². The third-order valence-corrected chi connectivity index (χ3v) is 4.17. The number of pyridine rings is 1. The summed E-state index contributed by atoms with van der Waals surface area (Å²) >= 11 is 3.56. The lowest BCUT2D eigenvalue weighted by molar-refractivity contribution is 0.475. The van der Waals surface area contributed by atoms with Crippen LogP contribution >= 0.6 is 15.9 Å². The second-order valence-corrected chi connectivity index (χ2v) is 5.81. The molecule has 0 atom stereocenters. The maximum absolute atomic E-state index is 9.45. The fraction of sp³-hybridized carbons (Fsp3) is 0.118. The van der Waals surface area contributed by atoms with Crippen molar-refractivity contribution in [2.24, 2.45) is 0 Å². The standard InChI is InChI=1S/C17H15BrN2O/c1-11-9-13(21)5-7-16(11)20-10-12-4-6-15(18)14-3-2-8-19-17(12)14/h2-9,20-21H,10H2,1H3. The number of anilines is 1. The number of halogens is 1. The number of nitrogens with one attached hydrogen (secondary N) is 1. The minimum Gasteiger partial charge on any atom is -0.508 e. The molecule has 0 radical (unpaired) electrons. The molecular weight excluding hydrogens is 328 g/mol. The number of rotatable bonds is 3. The number of phenolic OH excluding ortho intramolecular Hbond substituents is 1. The van der Waals surface area contributed by atoms with Crippen LogP contribution in [0.4, 0.5) is 5.69 Å². The van der Waals surface area contributed by atoms with Gasteiger partial charge in [0.15, 0.2) is 0 Å². The highest BCUT2D eigenvalue weighted by molar-refractivity contribution is 9.10. The number of fused-ring (bicyclic) bond motifs is 1. The number of benzene rings is 2. The molecule has 0 saturated carbocycles. The Balaban J connectivity index is 1.90. The highest BCUT2D eigenvalue weighted by Gasteiger charge is 2.06. The maximum atomic E-state index is 9.45. The number of hydrogen-bond acceptors (Lipinski definition) is 3. The molecule has 4 heteroatoms. The second kappa shape index (κ2) is 5.74. The van der Waals surface area contributed by atoms with Crippen molar-refractivity contribution >= 4 is 32.5 Å². The van der Waals surface area contributed by atoms with Crippen molar-refractivity contribution in [2.75, 3.05) is 5.32 Å². The van der Waals surface area contributed by atoms with Crippen LogP contribution in [0.1, 0.15) is 11.1 Å². The smallest absolute Gasteiger partial charge is 0.115 e. The SMILES string of the molecule is Cc1cc(O)ccc1NCc1ccc(Br)c2cccnc12. The fourth-order valence-electron chi connectivity index (χ4n) is 2.38. The summed E-state index contributed by atoms with van der Waals surface area (Å²) in [6, 6.07) is 13.4. The highest BCUT2D eigenvalue weighted by atomic mass is 79.9. The topological polar surface area (TPSA) is 45.1 Å². The molecule has 0 aliphatic carbocycles. The van der Waals surface area contributed by atoms with Gasteiger partial charge in [0.1, 0.15) is 5.75 Å². The largest absolute Gasteiger partial charge is 0.508 e. The molecule has 1 heterocycles. The van der Waals surface area contributed by atoms with E-state index in [1.165, 1.54) is 0 Å². The molecule has 0 unspecified atom stereocenters. The summed E-state index contributed by atoms with van der Waals surface area (Å²) in [4.78, 5) is 4.48. The average Bonchev–Trinajstić information content (AvgIpc) is 2.48. The Labute approximate surface area is 131 Å². The van der Waals surface area contributed by atoms with Crippen molar-refractivity contribution in [3.63, 3.8) is 0 Å². The third-order valence-electron chi connectivity index (χ3n) is 3.48. The summed E-state index contributed by atoms with van der Waals surface area (Å²) in [7, 11) is 0. The summed E-state index contributed by atoms with van der Waals surface area (Å²) in [5.74, 6) is 0.286. The van der Waals surface area contributed by atoms with E-state index >= 15 is 0 Å². The van der Waals surface area contributed by atoms with Gasteiger partial charge in [-0.3, -0.25) is 4.98 Å². The van der Waals surface area contributed by atoms with E-state index in [1.54, 1.807) is 12.1 Å². The van der Waals surface area contributed by atoms with Crippen LogP contribution in [-0.2, 0) is 6.54 Å². The molecule has 0 aliphatic rings. The third kappa shape index (κ3) is 2.85. The van der Waals surface area contributed by atoms with Gasteiger partial charge in [-0.2, -0.15) is 0 Å². The molecule has 21 heavy (non-hydrogen) atoms. The maximum Gasteiger partial charge on any atom is 0.115 e. The van der Waals surface area contributed by atoms with Gasteiger partial charge in [-0.15, -0.1) is 0 Å². The summed E-state index contributed by atoms with van der Waals surface area (Å²) in [5, 5.41) is 14.0. The van der Waals surface area contributed by atoms with Crippen LogP contribution in [0.5, 0.6) is 5.75 Å². The van der Waals surface area contributed by atoms with Crippen LogP contribution < -0.4 is 5.32 Å². The molecule has 0 saturated heterocycles. The highest BCUT2D eigenvalue weighted by Crippen LogP contribution is 2.26. The first-order valence-corrected chi connectivity index (χ1v) is 7.50. The van der Waals surface area contributed by atoms with Crippen molar-refractivity contribution < 1.29 is 5.11 Å². The zero-order valence-corrected chi connectivity index (χ0v) is 13.2. The Morgan fingerprint density at radius 1 is 1.19 bits per heavy atom. The van der Waals surface area contributed by atoms with Crippen LogP contribution in [0.25, 0.3) is 10.9 Å². The van der Waals surface area contributed by atoms with Gasteiger partial charge in [-0.05, 0) is 48.4 Å². The van der Waals surface area contributed by atoms with Gasteiger partial charge < -0.3 is 10.4 Å². The molecule has 3 nitrogen and oxygen atoms in total. The van der Waals surface area contributed by atoms with Gasteiger partial charge in [0, 0.05) is 28.3 Å². The Morgan fingerprint density at radius 2 is 2.05 bits per heavy atom. The lowest BCUT2D eigenvalue weighted by atomic mass is 10.1. The molecule has 2 aromatic carbocycles. The van der Waals surface area contributed by atoms with Gasteiger partial charge in [0.05, 0.1) is 5.52 Å². The monoisotopic (exact) mass is 342 g/mol. The normalized spacial score (nSPS) is 10.8. The molecule has 3 aromatic rings. The molecule has 0 aliphatic heterocycles. The molecule has 0 bridgehead atoms. The van der Waals surface area contributed by atoms with E-state index in [-0.39, 0.29) is 5.75 Å². The minimum atomic E-state index is 0.286. The van der Waals surface area contributed by atoms with E-state index < -0.39 is 0 Å². The summed E-state index contributed by atoms with van der Waals surface area (Å²) in [6.45, 7) is 2.66. The predicted molar refractivity (Wildman–Crippen MR) is 89.6 cm³/mol. The van der Waals surface area contributed by atoms with Gasteiger partial charge in [-0.25, -0.2) is 0 Å². The van der Waals surface area contributed by atoms with Crippen LogP contribution in [0.2, 0.25) is 0 Å². The lowest BCUT2D eigenvalue weighted by Crippen LogP contribution is -2.02. The van der Waals surface area contributed by atoms with Gasteiger partial charge in [0.25, 0.3) is 0 Å². The van der Waals surface area contributed by atoms with Gasteiger partial charge >= 0.3 is 0 Å². The van der Waals surface area contributed by atoms with E-state index in [1.807, 2.05) is 31.3 Å². The van der Waals surface area contributed by atoms with Gasteiger partial charge in [0.2, 0.25) is 0 Å². The molecule has 0 fully saturated rings. The van der Waals surface area contributed by atoms with Crippen LogP contribution in [-0.4, -0.2) is 10.1 Å². The van der Waals surface area contributed by atoms with Gasteiger partial charge in [-0.1, -0.05) is 28.1 Å². The number of nitrogens with zero attached hydrogens (tertiary/aromatic N) is 1. The lowest BCUT2D eigenvalue weighted by Gasteiger charge is -2.12. The number of hydrogen-bond donors (Lipinski definition) is 2. The molecular formula is C17H15BrN2O. The molecule has 2 N–H and O–H groups in total. The first kappa shape index (κ1) is 13.9. The van der Waals surface area contributed by atoms with E-state index in [0.29, 0.717) is 6.54 Å². The van der Waals surface area contributed by atoms with Crippen molar-refractivity contribution in [3.8, 4) is 5.75 Å². The number of phenols is 1. The zero-order chi connectivity index (χ0) is 14.8. The van der Waals surface area contributed by atoms with E-state index in [4.69, 9.17) is 0 Å². The second-order valence-electron chi connectivity index (χ2n) is 4.96. The van der Waals surface area contributed by atoms with E-state index in [2.05, 4.69) is 38.4 Å². The van der Waals surface area contributed by atoms with Crippen molar-refractivity contribution in [3.05, 3.63) is 64.3 Å². The quantitative estimate of drug-likeness (QED) is 0.682. The minimum absolute atomic E-state index is 0.286. The first-order valence-electron chi connectivity index (χ1n) is 6.71. The molecule has 0 amide bonds. The van der Waals surface area contributed by atoms with Crippen molar-refractivity contribution in [1.82, 2.24) is 4.98 Å². The average molecular weight is 343 g/mol. The number of aryl methyl sites for hydroxylation is 1. The Bertz CT molecular complexity index is 802. The Morgan fingerprint density at radius 3 is 2.86 bits per heavy atom. The van der Waals surface area contributed by atoms with Crippen LogP contribution in [0, 0.1) is 6.92 Å². The summed E-state index contributed by atoms with van der Waals surface area (Å²) < 4.78 is 1.05. The van der Waals surface area contributed by atoms with E-state index in [9.17, 15) is 5.11 Å². The van der Waals surface area contributed by atoms with Crippen LogP contribution in [0.15, 0.2) is 53.1 Å². The molecule has 1 aromatic heterocycles. The summed E-state index contributed by atoms with van der Waals surface area (Å²) in [5.41, 5.74) is 4.17. The molecule has 3 rings (SSSR count). The molecule has 106 valence electrons. The Hall–Kier alpha value is -2.07. The first-order chi connectivity index (χ1) is 10.1. The number of aromatic hydroxyl groups is 1. The Kier molecular flexibility index (Phi) is 3.80. The predicted octanol–water partition coefficient (Wildman–Crippen LogP) is 4.62. The zero-order valence-electron chi connectivity index (χ0n) is 11.6. The van der Waals surface area contributed by atoms with Crippen molar-refractivity contribution in [2.45, 2.75) is 13.5 Å². The summed E-state index contributed by atoms with van der Waals surface area (Å²) in [6.07, 6.45) is 1.81. The molecule has 0 spiro atoms. The number of aromatic nitrogens is 1. The fourth-order valence-corrected chi connectivity index (χ4v) is 2.83. The van der Waals surface area contributed by atoms with E-state index in [0.717, 1.165) is 32.2 Å². The van der Waals surface area contributed by atoms with Crippen molar-refractivity contribution in [1.29, 1.82) is 0 Å².